The highest BCUT2D eigenvalue weighted by molar-refractivity contribution is 7.91. The summed E-state index contributed by atoms with van der Waals surface area (Å²) in [6.45, 7) is 2.01. The number of aromatic nitrogens is 4. The maximum atomic E-state index is 12.2. The largest absolute Gasteiger partial charge is 0.317 e. The Morgan fingerprint density at radius 3 is 2.62 bits per heavy atom. The van der Waals surface area contributed by atoms with Crippen molar-refractivity contribution in [1.82, 2.24) is 25.5 Å². The van der Waals surface area contributed by atoms with Gasteiger partial charge in [-0.25, -0.2) is 8.42 Å². The molecular formula is C18H25N5O2S. The predicted octanol–water partition coefficient (Wildman–Crippen LogP) is 1.69. The summed E-state index contributed by atoms with van der Waals surface area (Å²) in [6, 6.07) is 7.65. The van der Waals surface area contributed by atoms with Crippen molar-refractivity contribution in [1.29, 1.82) is 0 Å². The van der Waals surface area contributed by atoms with Crippen LogP contribution in [0.15, 0.2) is 30.3 Å². The topological polar surface area (TPSA) is 89.8 Å². The molecule has 0 spiro atoms. The van der Waals surface area contributed by atoms with Crippen LogP contribution in [0.25, 0.3) is 17.5 Å². The highest BCUT2D eigenvalue weighted by Gasteiger charge is 2.16. The summed E-state index contributed by atoms with van der Waals surface area (Å²) < 4.78 is 24.4. The summed E-state index contributed by atoms with van der Waals surface area (Å²) in [6.07, 6.45) is 6.51. The molecular weight excluding hydrogens is 350 g/mol. The van der Waals surface area contributed by atoms with Crippen LogP contribution in [0.2, 0.25) is 0 Å². The predicted molar refractivity (Wildman–Crippen MR) is 102 cm³/mol. The summed E-state index contributed by atoms with van der Waals surface area (Å²) >= 11 is 0. The van der Waals surface area contributed by atoms with Gasteiger partial charge < -0.3 is 5.32 Å². The summed E-state index contributed by atoms with van der Waals surface area (Å²) in [5.41, 5.74) is 1.83. The van der Waals surface area contributed by atoms with Gasteiger partial charge in [-0.2, -0.15) is 4.80 Å². The molecule has 0 bridgehead atoms. The van der Waals surface area contributed by atoms with Gasteiger partial charge in [0.1, 0.15) is 0 Å². The van der Waals surface area contributed by atoms with Gasteiger partial charge in [0.25, 0.3) is 0 Å². The molecule has 1 aliphatic heterocycles. The molecule has 0 atom stereocenters. The molecule has 0 saturated carbocycles. The van der Waals surface area contributed by atoms with Gasteiger partial charge in [0.2, 0.25) is 5.82 Å². The van der Waals surface area contributed by atoms with Crippen molar-refractivity contribution in [3.05, 3.63) is 35.9 Å². The third-order valence-electron chi connectivity index (χ3n) is 4.63. The fraction of sp³-hybridized carbons (Fsp3) is 0.500. The Bertz CT molecular complexity index is 837. The van der Waals surface area contributed by atoms with Gasteiger partial charge >= 0.3 is 0 Å². The van der Waals surface area contributed by atoms with Gasteiger partial charge in [0.05, 0.1) is 18.6 Å². The second-order valence-corrected chi connectivity index (χ2v) is 8.95. The van der Waals surface area contributed by atoms with Crippen molar-refractivity contribution in [2.75, 3.05) is 24.6 Å². The van der Waals surface area contributed by atoms with E-state index in [0.29, 0.717) is 11.7 Å². The number of benzene rings is 1. The zero-order valence-electron chi connectivity index (χ0n) is 15.0. The van der Waals surface area contributed by atoms with Crippen LogP contribution >= 0.6 is 0 Å². The van der Waals surface area contributed by atoms with Crippen LogP contribution in [0.4, 0.5) is 0 Å². The van der Waals surface area contributed by atoms with Gasteiger partial charge in [0.15, 0.2) is 9.84 Å². The summed E-state index contributed by atoms with van der Waals surface area (Å²) in [5.74, 6) is 1.48. The van der Waals surface area contributed by atoms with E-state index < -0.39 is 9.84 Å². The van der Waals surface area contributed by atoms with E-state index in [4.69, 9.17) is 0 Å². The lowest BCUT2D eigenvalue weighted by Crippen LogP contribution is -2.28. The van der Waals surface area contributed by atoms with Crippen molar-refractivity contribution in [2.24, 2.45) is 13.0 Å². The minimum atomic E-state index is -3.04. The Labute approximate surface area is 154 Å². The second-order valence-electron chi connectivity index (χ2n) is 6.72. The van der Waals surface area contributed by atoms with Gasteiger partial charge in [-0.05, 0) is 49.0 Å². The number of nitrogens with zero attached hydrogens (tertiary/aromatic N) is 4. The molecule has 2 heterocycles. The van der Waals surface area contributed by atoms with E-state index in [2.05, 4.69) is 20.7 Å². The van der Waals surface area contributed by atoms with Crippen LogP contribution in [0.1, 0.15) is 24.8 Å². The molecule has 1 fully saturated rings. The number of hydrogen-bond donors (Lipinski definition) is 1. The zero-order chi connectivity index (χ0) is 18.4. The highest BCUT2D eigenvalue weighted by atomic mass is 32.2. The molecule has 8 heteroatoms. The first-order valence-electron chi connectivity index (χ1n) is 8.94. The molecule has 140 valence electrons. The number of aryl methyl sites for hydroxylation is 1. The van der Waals surface area contributed by atoms with Gasteiger partial charge in [-0.15, -0.1) is 10.2 Å². The Balaban J connectivity index is 1.50. The van der Waals surface area contributed by atoms with Crippen LogP contribution in [-0.4, -0.2) is 53.2 Å². The molecule has 0 radical (unpaired) electrons. The first kappa shape index (κ1) is 18.7. The first-order chi connectivity index (χ1) is 12.5. The number of hydrogen-bond acceptors (Lipinski definition) is 6. The molecule has 0 unspecified atom stereocenters. The average Bonchev–Trinajstić information content (AvgIpc) is 3.08. The Hall–Kier alpha value is -2.06. The van der Waals surface area contributed by atoms with E-state index in [-0.39, 0.29) is 11.5 Å². The minimum Gasteiger partial charge on any atom is -0.317 e. The van der Waals surface area contributed by atoms with E-state index >= 15 is 0 Å². The number of rotatable bonds is 7. The molecule has 1 saturated heterocycles. The van der Waals surface area contributed by atoms with Gasteiger partial charge in [0, 0.05) is 5.56 Å². The fourth-order valence-corrected chi connectivity index (χ4v) is 4.32. The standard InChI is InChI=1S/C18H25N5O2S/c1-23-21-18(20-22-23)17-6-4-15(5-7-17)3-2-13-26(24,25)14-10-16-8-11-19-12-9-16/h2-7,16,19H,8-14H2,1H3. The monoisotopic (exact) mass is 375 g/mol. The molecule has 26 heavy (non-hydrogen) atoms. The van der Waals surface area contributed by atoms with Crippen molar-refractivity contribution in [2.45, 2.75) is 19.3 Å². The van der Waals surface area contributed by atoms with Crippen molar-refractivity contribution in [3.63, 3.8) is 0 Å². The van der Waals surface area contributed by atoms with Crippen molar-refractivity contribution in [3.8, 4) is 11.4 Å². The van der Waals surface area contributed by atoms with Gasteiger partial charge in [-0.3, -0.25) is 0 Å². The third kappa shape index (κ3) is 5.47. The molecule has 2 aromatic rings. The molecule has 1 aliphatic rings. The molecule has 0 aliphatic carbocycles. The first-order valence-corrected chi connectivity index (χ1v) is 10.8. The summed E-state index contributed by atoms with van der Waals surface area (Å²) in [5, 5.41) is 15.2. The molecule has 0 amide bonds. The number of tetrazole rings is 1. The molecule has 1 aromatic heterocycles. The smallest absolute Gasteiger partial charge is 0.204 e. The third-order valence-corrected chi connectivity index (χ3v) is 6.19. The van der Waals surface area contributed by atoms with E-state index in [1.54, 1.807) is 13.1 Å². The molecule has 1 N–H and O–H groups in total. The van der Waals surface area contributed by atoms with Crippen LogP contribution in [0.3, 0.4) is 0 Å². The lowest BCUT2D eigenvalue weighted by Gasteiger charge is -2.22. The number of nitrogens with one attached hydrogen (secondary N) is 1. The summed E-state index contributed by atoms with van der Waals surface area (Å²) in [4.78, 5) is 1.41. The lowest BCUT2D eigenvalue weighted by molar-refractivity contribution is 0.365. The van der Waals surface area contributed by atoms with Crippen LogP contribution in [0.5, 0.6) is 0 Å². The number of piperidine rings is 1. The normalized spacial score (nSPS) is 16.3. The van der Waals surface area contributed by atoms with E-state index in [9.17, 15) is 8.42 Å². The van der Waals surface area contributed by atoms with E-state index in [0.717, 1.165) is 43.5 Å². The molecule has 1 aromatic carbocycles. The van der Waals surface area contributed by atoms with Crippen LogP contribution in [-0.2, 0) is 16.9 Å². The number of sulfone groups is 1. The second kappa shape index (κ2) is 8.55. The van der Waals surface area contributed by atoms with Crippen molar-refractivity contribution < 1.29 is 8.42 Å². The van der Waals surface area contributed by atoms with Crippen LogP contribution < -0.4 is 5.32 Å². The maximum absolute atomic E-state index is 12.2. The quantitative estimate of drug-likeness (QED) is 0.792. The Kier molecular flexibility index (Phi) is 6.16. The molecule has 7 nitrogen and oxygen atoms in total. The zero-order valence-corrected chi connectivity index (χ0v) is 15.8. The fourth-order valence-electron chi connectivity index (χ4n) is 3.07. The van der Waals surface area contributed by atoms with Crippen LogP contribution in [0, 0.1) is 5.92 Å². The molecule has 3 rings (SSSR count). The SMILES string of the molecule is Cn1nnc(-c2ccc(C=CCS(=O)(=O)CCC3CCNCC3)cc2)n1. The lowest BCUT2D eigenvalue weighted by atomic mass is 9.96. The van der Waals surface area contributed by atoms with E-state index in [1.165, 1.54) is 4.80 Å². The van der Waals surface area contributed by atoms with Gasteiger partial charge in [-0.1, -0.05) is 36.4 Å². The van der Waals surface area contributed by atoms with Crippen molar-refractivity contribution >= 4 is 15.9 Å². The highest BCUT2D eigenvalue weighted by Crippen LogP contribution is 2.17. The summed E-state index contributed by atoms with van der Waals surface area (Å²) in [7, 11) is -1.32. The van der Waals surface area contributed by atoms with E-state index in [1.807, 2.05) is 30.3 Å². The average molecular weight is 375 g/mol. The maximum Gasteiger partial charge on any atom is 0.204 e. The Morgan fingerprint density at radius 2 is 1.96 bits per heavy atom. The Morgan fingerprint density at radius 1 is 1.23 bits per heavy atom. The minimum absolute atomic E-state index is 0.0887.